The molecule has 2 unspecified atom stereocenters. The predicted molar refractivity (Wildman–Crippen MR) is 72.7 cm³/mol. The van der Waals surface area contributed by atoms with Gasteiger partial charge in [-0.15, -0.1) is 11.3 Å². The molecular formula is C13H17N3O2S. The molecule has 2 aromatic rings. The van der Waals surface area contributed by atoms with E-state index in [1.807, 2.05) is 17.5 Å². The van der Waals surface area contributed by atoms with Crippen LogP contribution >= 0.6 is 11.3 Å². The number of aliphatic hydroxyl groups excluding tert-OH is 1. The first-order valence-corrected chi connectivity index (χ1v) is 7.37. The molecular weight excluding hydrogens is 262 g/mol. The Kier molecular flexibility index (Phi) is 3.63. The molecule has 0 bridgehead atoms. The van der Waals surface area contributed by atoms with Crippen molar-refractivity contribution in [3.63, 3.8) is 0 Å². The third-order valence-electron chi connectivity index (χ3n) is 3.57. The molecule has 1 saturated heterocycles. The number of rotatable bonds is 3. The molecule has 1 N–H and O–H groups in total. The average Bonchev–Trinajstić information content (AvgIpc) is 3.04. The molecule has 2 aromatic heterocycles. The van der Waals surface area contributed by atoms with Gasteiger partial charge in [-0.1, -0.05) is 18.1 Å². The van der Waals surface area contributed by atoms with E-state index in [0.717, 1.165) is 17.8 Å². The highest BCUT2D eigenvalue weighted by atomic mass is 32.1. The summed E-state index contributed by atoms with van der Waals surface area (Å²) in [5.74, 6) is 1.64. The average molecular weight is 279 g/mol. The van der Waals surface area contributed by atoms with Crippen molar-refractivity contribution in [1.29, 1.82) is 0 Å². The van der Waals surface area contributed by atoms with Gasteiger partial charge in [0.15, 0.2) is 5.82 Å². The smallest absolute Gasteiger partial charge is 0.268 e. The fourth-order valence-corrected chi connectivity index (χ4v) is 2.92. The summed E-state index contributed by atoms with van der Waals surface area (Å²) in [7, 11) is 0. The Morgan fingerprint density at radius 3 is 3.21 bits per heavy atom. The maximum Gasteiger partial charge on any atom is 0.268 e. The van der Waals surface area contributed by atoms with Crippen molar-refractivity contribution in [1.82, 2.24) is 15.0 Å². The first kappa shape index (κ1) is 12.8. The van der Waals surface area contributed by atoms with Gasteiger partial charge in [0.05, 0.1) is 17.5 Å². The van der Waals surface area contributed by atoms with Crippen LogP contribution in [0.1, 0.15) is 19.2 Å². The Balaban J connectivity index is 1.64. The van der Waals surface area contributed by atoms with Crippen molar-refractivity contribution in [2.45, 2.75) is 26.0 Å². The topological polar surface area (TPSA) is 62.4 Å². The molecule has 102 valence electrons. The molecule has 0 aromatic carbocycles. The van der Waals surface area contributed by atoms with Gasteiger partial charge < -0.3 is 9.63 Å². The van der Waals surface area contributed by atoms with Gasteiger partial charge in [0, 0.05) is 6.54 Å². The molecule has 0 amide bonds. The third-order valence-corrected chi connectivity index (χ3v) is 4.43. The van der Waals surface area contributed by atoms with Gasteiger partial charge in [0.2, 0.25) is 0 Å². The number of aliphatic hydroxyl groups is 1. The van der Waals surface area contributed by atoms with Crippen molar-refractivity contribution in [2.75, 3.05) is 13.1 Å². The Bertz CT molecular complexity index is 526. The maximum atomic E-state index is 9.88. The second-order valence-corrected chi connectivity index (χ2v) is 6.01. The third kappa shape index (κ3) is 2.86. The van der Waals surface area contributed by atoms with Crippen LogP contribution < -0.4 is 0 Å². The van der Waals surface area contributed by atoms with Gasteiger partial charge in [-0.05, 0) is 30.3 Å². The Morgan fingerprint density at radius 2 is 2.47 bits per heavy atom. The highest BCUT2D eigenvalue weighted by Gasteiger charge is 2.25. The van der Waals surface area contributed by atoms with E-state index in [1.54, 1.807) is 11.3 Å². The Labute approximate surface area is 115 Å². The van der Waals surface area contributed by atoms with Crippen molar-refractivity contribution in [2.24, 2.45) is 5.92 Å². The van der Waals surface area contributed by atoms with Crippen LogP contribution in [0.2, 0.25) is 0 Å². The molecule has 19 heavy (non-hydrogen) atoms. The van der Waals surface area contributed by atoms with Crippen LogP contribution in [-0.4, -0.2) is 39.3 Å². The SMILES string of the molecule is CC1CCN(Cc2noc(-c3cccs3)n2)CC1O. The second kappa shape index (κ2) is 5.40. The molecule has 1 fully saturated rings. The summed E-state index contributed by atoms with van der Waals surface area (Å²) in [5.41, 5.74) is 0. The molecule has 0 aliphatic carbocycles. The summed E-state index contributed by atoms with van der Waals surface area (Å²) in [6, 6.07) is 3.93. The molecule has 1 aliphatic rings. The van der Waals surface area contributed by atoms with Crippen molar-refractivity contribution in [3.05, 3.63) is 23.3 Å². The first-order valence-electron chi connectivity index (χ1n) is 6.49. The molecule has 5 nitrogen and oxygen atoms in total. The monoisotopic (exact) mass is 279 g/mol. The van der Waals surface area contributed by atoms with Crippen molar-refractivity contribution in [3.8, 4) is 10.8 Å². The zero-order valence-electron chi connectivity index (χ0n) is 10.8. The predicted octanol–water partition coefficient (Wildman–Crippen LogP) is 2.00. The van der Waals surface area contributed by atoms with E-state index in [4.69, 9.17) is 4.52 Å². The van der Waals surface area contributed by atoms with Crippen LogP contribution in [0.15, 0.2) is 22.0 Å². The van der Waals surface area contributed by atoms with Crippen LogP contribution in [0.4, 0.5) is 0 Å². The maximum absolute atomic E-state index is 9.88. The minimum absolute atomic E-state index is 0.252. The lowest BCUT2D eigenvalue weighted by Crippen LogP contribution is -2.42. The quantitative estimate of drug-likeness (QED) is 0.931. The molecule has 0 spiro atoms. The van der Waals surface area contributed by atoms with E-state index >= 15 is 0 Å². The second-order valence-electron chi connectivity index (χ2n) is 5.06. The standard InChI is InChI=1S/C13H17N3O2S/c1-9-4-5-16(7-10(9)17)8-12-14-13(18-15-12)11-3-2-6-19-11/h2-3,6,9-10,17H,4-5,7-8H2,1H3. The molecule has 6 heteroatoms. The van der Waals surface area contributed by atoms with Gasteiger partial charge >= 0.3 is 0 Å². The lowest BCUT2D eigenvalue weighted by molar-refractivity contribution is 0.0246. The Morgan fingerprint density at radius 1 is 1.58 bits per heavy atom. The summed E-state index contributed by atoms with van der Waals surface area (Å²) < 4.78 is 5.26. The number of hydrogen-bond donors (Lipinski definition) is 1. The van der Waals surface area contributed by atoms with E-state index in [1.165, 1.54) is 0 Å². The first-order chi connectivity index (χ1) is 9.22. The van der Waals surface area contributed by atoms with Crippen molar-refractivity contribution >= 4 is 11.3 Å². The zero-order chi connectivity index (χ0) is 13.2. The summed E-state index contributed by atoms with van der Waals surface area (Å²) in [6.07, 6.45) is 0.758. The van der Waals surface area contributed by atoms with Gasteiger partial charge in [0.1, 0.15) is 0 Å². The van der Waals surface area contributed by atoms with E-state index in [-0.39, 0.29) is 6.10 Å². The van der Waals surface area contributed by atoms with E-state index in [0.29, 0.717) is 30.7 Å². The number of aromatic nitrogens is 2. The molecule has 0 saturated carbocycles. The van der Waals surface area contributed by atoms with Gasteiger partial charge in [-0.25, -0.2) is 0 Å². The molecule has 0 radical (unpaired) electrons. The number of likely N-dealkylation sites (tertiary alicyclic amines) is 1. The zero-order valence-corrected chi connectivity index (χ0v) is 11.6. The van der Waals surface area contributed by atoms with Crippen molar-refractivity contribution < 1.29 is 9.63 Å². The van der Waals surface area contributed by atoms with Crippen LogP contribution in [0.3, 0.4) is 0 Å². The van der Waals surface area contributed by atoms with Gasteiger partial charge in [0.25, 0.3) is 5.89 Å². The summed E-state index contributed by atoms with van der Waals surface area (Å²) in [6.45, 7) is 4.38. The lowest BCUT2D eigenvalue weighted by atomic mass is 9.96. The fraction of sp³-hybridized carbons (Fsp3) is 0.538. The molecule has 1 aliphatic heterocycles. The number of β-amino-alcohol motifs (C(OH)–C–C–N with tert-alkyl or cyclic N) is 1. The summed E-state index contributed by atoms with van der Waals surface area (Å²) in [5, 5.41) is 15.9. The van der Waals surface area contributed by atoms with Crippen LogP contribution in [0, 0.1) is 5.92 Å². The normalized spacial score (nSPS) is 24.7. The Hall–Kier alpha value is -1.24. The van der Waals surface area contributed by atoms with Gasteiger partial charge in [-0.2, -0.15) is 4.98 Å². The van der Waals surface area contributed by atoms with E-state index in [9.17, 15) is 5.11 Å². The number of hydrogen-bond acceptors (Lipinski definition) is 6. The number of thiophene rings is 1. The minimum atomic E-state index is -0.252. The lowest BCUT2D eigenvalue weighted by Gasteiger charge is -2.33. The fourth-order valence-electron chi connectivity index (χ4n) is 2.28. The largest absolute Gasteiger partial charge is 0.392 e. The van der Waals surface area contributed by atoms with Gasteiger partial charge in [-0.3, -0.25) is 4.90 Å². The van der Waals surface area contributed by atoms with E-state index in [2.05, 4.69) is 22.0 Å². The molecule has 3 heterocycles. The highest BCUT2D eigenvalue weighted by molar-refractivity contribution is 7.13. The summed E-state index contributed by atoms with van der Waals surface area (Å²) in [4.78, 5) is 7.57. The molecule has 2 atom stereocenters. The van der Waals surface area contributed by atoms with E-state index < -0.39 is 0 Å². The summed E-state index contributed by atoms with van der Waals surface area (Å²) >= 11 is 1.59. The highest BCUT2D eigenvalue weighted by Crippen LogP contribution is 2.23. The number of piperidine rings is 1. The number of nitrogens with zero attached hydrogens (tertiary/aromatic N) is 3. The van der Waals surface area contributed by atoms with Crippen LogP contribution in [-0.2, 0) is 6.54 Å². The van der Waals surface area contributed by atoms with Crippen LogP contribution in [0.25, 0.3) is 10.8 Å². The van der Waals surface area contributed by atoms with Crippen LogP contribution in [0.5, 0.6) is 0 Å². The molecule has 3 rings (SSSR count). The minimum Gasteiger partial charge on any atom is -0.392 e.